The fourth-order valence-corrected chi connectivity index (χ4v) is 5.98. The molecule has 0 saturated heterocycles. The van der Waals surface area contributed by atoms with Crippen LogP contribution in [0.5, 0.6) is 0 Å². The number of nitriles is 1. The van der Waals surface area contributed by atoms with E-state index in [1.165, 1.54) is 27.6 Å². The van der Waals surface area contributed by atoms with E-state index in [1.54, 1.807) is 0 Å². The Labute approximate surface area is 243 Å². The van der Waals surface area contributed by atoms with Gasteiger partial charge in [0.05, 0.1) is 11.6 Å². The highest BCUT2D eigenvalue weighted by Crippen LogP contribution is 2.51. The van der Waals surface area contributed by atoms with Crippen molar-refractivity contribution in [3.05, 3.63) is 139 Å². The summed E-state index contributed by atoms with van der Waals surface area (Å²) in [5.74, 6) is 1.88. The van der Waals surface area contributed by atoms with Gasteiger partial charge in [0.1, 0.15) is 0 Å². The summed E-state index contributed by atoms with van der Waals surface area (Å²) in [6.07, 6.45) is 0. The van der Waals surface area contributed by atoms with Crippen LogP contribution in [0.4, 0.5) is 0 Å². The molecular formula is C38H22N4. The van der Waals surface area contributed by atoms with Gasteiger partial charge in [0.2, 0.25) is 0 Å². The standard InChI is InChI=1S/C38H22N4/c39-23-24-15-17-25(18-16-24)28-19-20-31-29-13-7-8-14-30(29)32-21-22-33(34(28)35(31)32)38-41-36(26-9-3-1-4-10-26)40-37(42-38)27-11-5-2-6-12-27/h1-22H. The predicted molar refractivity (Wildman–Crippen MR) is 168 cm³/mol. The van der Waals surface area contributed by atoms with Gasteiger partial charge in [-0.15, -0.1) is 0 Å². The zero-order chi connectivity index (χ0) is 28.0. The monoisotopic (exact) mass is 534 g/mol. The van der Waals surface area contributed by atoms with E-state index in [0.717, 1.165) is 33.2 Å². The van der Waals surface area contributed by atoms with E-state index in [-0.39, 0.29) is 0 Å². The molecule has 0 atom stereocenters. The van der Waals surface area contributed by atoms with Crippen LogP contribution < -0.4 is 0 Å². The molecule has 0 bridgehead atoms. The Kier molecular flexibility index (Phi) is 5.48. The van der Waals surface area contributed by atoms with Crippen LogP contribution in [-0.4, -0.2) is 15.0 Å². The Balaban J connectivity index is 1.46. The summed E-state index contributed by atoms with van der Waals surface area (Å²) in [4.78, 5) is 15.1. The van der Waals surface area contributed by atoms with E-state index >= 15 is 0 Å². The fourth-order valence-electron chi connectivity index (χ4n) is 5.98. The Morgan fingerprint density at radius 1 is 0.357 bits per heavy atom. The molecular weight excluding hydrogens is 512 g/mol. The smallest absolute Gasteiger partial charge is 0.164 e. The third kappa shape index (κ3) is 3.80. The fraction of sp³-hybridized carbons (Fsp3) is 0. The second-order valence-electron chi connectivity index (χ2n) is 10.3. The third-order valence-corrected chi connectivity index (χ3v) is 7.93. The third-order valence-electron chi connectivity index (χ3n) is 7.93. The van der Waals surface area contributed by atoms with Crippen LogP contribution in [0.1, 0.15) is 5.56 Å². The first-order valence-electron chi connectivity index (χ1n) is 13.9. The van der Waals surface area contributed by atoms with Gasteiger partial charge in [-0.3, -0.25) is 0 Å². The predicted octanol–water partition coefficient (Wildman–Crippen LogP) is 9.21. The SMILES string of the molecule is N#Cc1ccc(-c2ccc3c4c(ccc(-c5nc(-c6ccccc6)nc(-c6ccccc6)n5)c24)-c2ccccc2-3)cc1. The topological polar surface area (TPSA) is 62.5 Å². The van der Waals surface area contributed by atoms with Gasteiger partial charge >= 0.3 is 0 Å². The first-order chi connectivity index (χ1) is 20.8. The molecule has 4 nitrogen and oxygen atoms in total. The minimum absolute atomic E-state index is 0.622. The maximum atomic E-state index is 9.41. The van der Waals surface area contributed by atoms with Crippen molar-refractivity contribution in [2.75, 3.05) is 0 Å². The molecule has 0 saturated carbocycles. The summed E-state index contributed by atoms with van der Waals surface area (Å²) >= 11 is 0. The number of hydrogen-bond donors (Lipinski definition) is 0. The van der Waals surface area contributed by atoms with E-state index in [4.69, 9.17) is 15.0 Å². The number of hydrogen-bond acceptors (Lipinski definition) is 4. The molecule has 194 valence electrons. The maximum Gasteiger partial charge on any atom is 0.164 e. The summed E-state index contributed by atoms with van der Waals surface area (Å²) in [6.45, 7) is 0. The van der Waals surface area contributed by atoms with E-state index < -0.39 is 0 Å². The molecule has 1 aromatic heterocycles. The lowest BCUT2D eigenvalue weighted by Gasteiger charge is -2.15. The first kappa shape index (κ1) is 23.9. The normalized spacial score (nSPS) is 11.3. The lowest BCUT2D eigenvalue weighted by Crippen LogP contribution is -2.01. The molecule has 0 radical (unpaired) electrons. The minimum atomic E-state index is 0.622. The molecule has 1 aliphatic carbocycles. The van der Waals surface area contributed by atoms with Crippen LogP contribution in [0.15, 0.2) is 133 Å². The van der Waals surface area contributed by atoms with Gasteiger partial charge in [-0.1, -0.05) is 115 Å². The Hall–Kier alpha value is -5.92. The van der Waals surface area contributed by atoms with Gasteiger partial charge in [0.15, 0.2) is 17.5 Å². The van der Waals surface area contributed by atoms with Gasteiger partial charge in [-0.25, -0.2) is 15.0 Å². The van der Waals surface area contributed by atoms with Crippen molar-refractivity contribution in [2.24, 2.45) is 0 Å². The van der Waals surface area contributed by atoms with Crippen molar-refractivity contribution in [3.8, 4) is 73.6 Å². The molecule has 0 fully saturated rings. The van der Waals surface area contributed by atoms with Crippen molar-refractivity contribution >= 4 is 10.8 Å². The summed E-state index contributed by atoms with van der Waals surface area (Å²) < 4.78 is 0. The van der Waals surface area contributed by atoms with Crippen LogP contribution >= 0.6 is 0 Å². The summed E-state index contributed by atoms with van der Waals surface area (Å²) in [5.41, 5.74) is 10.4. The van der Waals surface area contributed by atoms with E-state index in [1.807, 2.05) is 84.9 Å². The van der Waals surface area contributed by atoms with E-state index in [0.29, 0.717) is 23.0 Å². The van der Waals surface area contributed by atoms with Crippen molar-refractivity contribution < 1.29 is 0 Å². The summed E-state index contributed by atoms with van der Waals surface area (Å²) in [5, 5.41) is 11.7. The largest absolute Gasteiger partial charge is 0.208 e. The Morgan fingerprint density at radius 2 is 0.810 bits per heavy atom. The highest BCUT2D eigenvalue weighted by molar-refractivity contribution is 6.22. The zero-order valence-corrected chi connectivity index (χ0v) is 22.5. The highest BCUT2D eigenvalue weighted by atomic mass is 15.0. The summed E-state index contributed by atoms with van der Waals surface area (Å²) in [7, 11) is 0. The lowest BCUT2D eigenvalue weighted by atomic mass is 9.90. The molecule has 8 rings (SSSR count). The van der Waals surface area contributed by atoms with Crippen molar-refractivity contribution in [3.63, 3.8) is 0 Å². The van der Waals surface area contributed by atoms with Crippen molar-refractivity contribution in [1.29, 1.82) is 5.26 Å². The number of benzene rings is 6. The molecule has 0 amide bonds. The molecule has 0 aliphatic heterocycles. The quantitative estimate of drug-likeness (QED) is 0.226. The van der Waals surface area contributed by atoms with Crippen LogP contribution in [-0.2, 0) is 0 Å². The summed E-state index contributed by atoms with van der Waals surface area (Å²) in [6, 6.07) is 47.4. The Morgan fingerprint density at radius 3 is 1.36 bits per heavy atom. The second-order valence-corrected chi connectivity index (χ2v) is 10.3. The molecule has 4 heteroatoms. The van der Waals surface area contributed by atoms with E-state index in [2.05, 4.69) is 54.6 Å². The lowest BCUT2D eigenvalue weighted by molar-refractivity contribution is 1.08. The van der Waals surface area contributed by atoms with Crippen LogP contribution in [0.2, 0.25) is 0 Å². The van der Waals surface area contributed by atoms with Gasteiger partial charge in [0.25, 0.3) is 0 Å². The first-order valence-corrected chi connectivity index (χ1v) is 13.9. The van der Waals surface area contributed by atoms with E-state index in [9.17, 15) is 5.26 Å². The maximum absolute atomic E-state index is 9.41. The van der Waals surface area contributed by atoms with Gasteiger partial charge in [-0.05, 0) is 57.0 Å². The van der Waals surface area contributed by atoms with Crippen molar-refractivity contribution in [2.45, 2.75) is 0 Å². The van der Waals surface area contributed by atoms with Gasteiger partial charge in [-0.2, -0.15) is 5.26 Å². The highest BCUT2D eigenvalue weighted by Gasteiger charge is 2.26. The van der Waals surface area contributed by atoms with Crippen LogP contribution in [0.25, 0.3) is 78.3 Å². The average molecular weight is 535 g/mol. The molecule has 0 N–H and O–H groups in total. The van der Waals surface area contributed by atoms with Gasteiger partial charge in [0, 0.05) is 22.1 Å². The molecule has 42 heavy (non-hydrogen) atoms. The molecule has 7 aromatic rings. The van der Waals surface area contributed by atoms with Crippen LogP contribution in [0, 0.1) is 11.3 Å². The minimum Gasteiger partial charge on any atom is -0.208 e. The Bertz CT molecular complexity index is 2090. The van der Waals surface area contributed by atoms with Crippen molar-refractivity contribution in [1.82, 2.24) is 15.0 Å². The van der Waals surface area contributed by atoms with Crippen LogP contribution in [0.3, 0.4) is 0 Å². The van der Waals surface area contributed by atoms with Gasteiger partial charge < -0.3 is 0 Å². The second kappa shape index (κ2) is 9.62. The molecule has 6 aromatic carbocycles. The molecule has 1 aliphatic rings. The number of rotatable bonds is 4. The average Bonchev–Trinajstić information content (AvgIpc) is 3.40. The number of nitrogens with zero attached hydrogens (tertiary/aromatic N) is 4. The molecule has 0 unspecified atom stereocenters. The molecule has 0 spiro atoms. The number of aromatic nitrogens is 3. The zero-order valence-electron chi connectivity index (χ0n) is 22.5. The molecule has 1 heterocycles. The number of fused-ring (bicyclic) bond motifs is 3.